The molecule has 0 saturated carbocycles. The van der Waals surface area contributed by atoms with Gasteiger partial charge in [0.2, 0.25) is 11.8 Å². The maximum atomic E-state index is 12.4. The molecule has 0 radical (unpaired) electrons. The third kappa shape index (κ3) is 7.53. The molecule has 0 spiro atoms. The largest absolute Gasteiger partial charge is 0.481 e. The van der Waals surface area contributed by atoms with Crippen LogP contribution in [0.3, 0.4) is 0 Å². The molecule has 1 saturated heterocycles. The van der Waals surface area contributed by atoms with Crippen LogP contribution in [-0.2, 0) is 9.53 Å². The zero-order chi connectivity index (χ0) is 25.2. The number of rotatable bonds is 7. The molecule has 1 aliphatic heterocycles. The summed E-state index contributed by atoms with van der Waals surface area (Å²) in [5.74, 6) is 0.0215. The van der Waals surface area contributed by atoms with Crippen LogP contribution in [0.25, 0.3) is 11.1 Å². The molecule has 8 heteroatoms. The van der Waals surface area contributed by atoms with Crippen LogP contribution in [-0.4, -0.2) is 41.6 Å². The van der Waals surface area contributed by atoms with Crippen molar-refractivity contribution in [2.75, 3.05) is 13.7 Å². The van der Waals surface area contributed by atoms with Gasteiger partial charge in [-0.05, 0) is 42.7 Å². The maximum Gasteiger partial charge on any atom is 0.410 e. The highest BCUT2D eigenvalue weighted by Crippen LogP contribution is 2.28. The maximum absolute atomic E-state index is 12.4. The number of benzene rings is 2. The van der Waals surface area contributed by atoms with E-state index in [1.807, 2.05) is 43.3 Å². The molecule has 3 aromatic rings. The third-order valence-electron chi connectivity index (χ3n) is 5.78. The van der Waals surface area contributed by atoms with Gasteiger partial charge in [0.1, 0.15) is 11.9 Å². The Morgan fingerprint density at radius 2 is 1.83 bits per heavy atom. The van der Waals surface area contributed by atoms with Gasteiger partial charge in [-0.15, -0.1) is 0 Å². The molecule has 2 aromatic carbocycles. The van der Waals surface area contributed by atoms with Gasteiger partial charge in [0, 0.05) is 37.2 Å². The number of hydrogen-bond acceptors (Lipinski definition) is 5. The van der Waals surface area contributed by atoms with Crippen LogP contribution in [0.5, 0.6) is 5.88 Å². The summed E-state index contributed by atoms with van der Waals surface area (Å²) in [4.78, 5) is 29.2. The highest BCUT2D eigenvalue weighted by atomic mass is 19.1. The normalized spacial score (nSPS) is 15.9. The SMILES string of the molecule is COc1ccc(-c2ccc(C(C)N3CCC(CCC(N)=O)OC3=O)cc2)cn1.Fc1ccccc1. The van der Waals surface area contributed by atoms with Crippen LogP contribution < -0.4 is 10.5 Å². The van der Waals surface area contributed by atoms with Gasteiger partial charge >= 0.3 is 6.09 Å². The van der Waals surface area contributed by atoms with Crippen molar-refractivity contribution in [2.24, 2.45) is 5.73 Å². The Labute approximate surface area is 204 Å². The van der Waals surface area contributed by atoms with E-state index in [0.29, 0.717) is 25.3 Å². The zero-order valence-corrected chi connectivity index (χ0v) is 19.9. The smallest absolute Gasteiger partial charge is 0.410 e. The average molecular weight is 480 g/mol. The molecule has 2 amide bonds. The lowest BCUT2D eigenvalue weighted by Crippen LogP contribution is -2.43. The predicted octanol–water partition coefficient (Wildman–Crippen LogP) is 5.12. The number of halogens is 1. The van der Waals surface area contributed by atoms with E-state index < -0.39 is 0 Å². The second kappa shape index (κ2) is 12.5. The second-order valence-corrected chi connectivity index (χ2v) is 8.18. The van der Waals surface area contributed by atoms with E-state index in [2.05, 4.69) is 4.98 Å². The number of hydrogen-bond donors (Lipinski definition) is 1. The molecular formula is C27H30FN3O4. The van der Waals surface area contributed by atoms with Crippen LogP contribution in [0.4, 0.5) is 9.18 Å². The Hall–Kier alpha value is -3.94. The first-order valence-electron chi connectivity index (χ1n) is 11.4. The number of aromatic nitrogens is 1. The van der Waals surface area contributed by atoms with Crippen molar-refractivity contribution in [3.05, 3.63) is 84.3 Å². The van der Waals surface area contributed by atoms with Crippen molar-refractivity contribution in [3.8, 4) is 17.0 Å². The predicted molar refractivity (Wildman–Crippen MR) is 131 cm³/mol. The van der Waals surface area contributed by atoms with E-state index in [1.165, 1.54) is 12.1 Å². The van der Waals surface area contributed by atoms with Gasteiger partial charge in [-0.1, -0.05) is 42.5 Å². The van der Waals surface area contributed by atoms with E-state index in [0.717, 1.165) is 16.7 Å². The minimum Gasteiger partial charge on any atom is -0.481 e. The van der Waals surface area contributed by atoms with E-state index in [9.17, 15) is 14.0 Å². The number of nitrogens with zero attached hydrogens (tertiary/aromatic N) is 2. The average Bonchev–Trinajstić information content (AvgIpc) is 2.88. The molecule has 1 aliphatic rings. The van der Waals surface area contributed by atoms with E-state index in [1.54, 1.807) is 36.4 Å². The quantitative estimate of drug-likeness (QED) is 0.508. The van der Waals surface area contributed by atoms with Crippen LogP contribution >= 0.6 is 0 Å². The lowest BCUT2D eigenvalue weighted by Gasteiger charge is -2.35. The number of primary amides is 1. The molecule has 2 heterocycles. The molecule has 0 bridgehead atoms. The lowest BCUT2D eigenvalue weighted by molar-refractivity contribution is -0.118. The van der Waals surface area contributed by atoms with Gasteiger partial charge in [0.15, 0.2) is 0 Å². The molecule has 1 aromatic heterocycles. The van der Waals surface area contributed by atoms with E-state index >= 15 is 0 Å². The first-order chi connectivity index (χ1) is 16.9. The van der Waals surface area contributed by atoms with Crippen molar-refractivity contribution in [1.82, 2.24) is 9.88 Å². The van der Waals surface area contributed by atoms with Gasteiger partial charge in [-0.2, -0.15) is 0 Å². The van der Waals surface area contributed by atoms with Crippen LogP contribution in [0, 0.1) is 5.82 Å². The number of cyclic esters (lactones) is 1. The number of ether oxygens (including phenoxy) is 2. The Balaban J connectivity index is 0.000000420. The van der Waals surface area contributed by atoms with Crippen LogP contribution in [0.15, 0.2) is 72.9 Å². The molecule has 7 nitrogen and oxygen atoms in total. The summed E-state index contributed by atoms with van der Waals surface area (Å²) < 4.78 is 22.5. The monoisotopic (exact) mass is 479 g/mol. The lowest BCUT2D eigenvalue weighted by atomic mass is 10.0. The molecule has 35 heavy (non-hydrogen) atoms. The highest BCUT2D eigenvalue weighted by Gasteiger charge is 2.31. The van der Waals surface area contributed by atoms with Gasteiger partial charge in [0.25, 0.3) is 0 Å². The molecule has 2 N–H and O–H groups in total. The molecular weight excluding hydrogens is 449 g/mol. The minimum absolute atomic E-state index is 0.104. The summed E-state index contributed by atoms with van der Waals surface area (Å²) >= 11 is 0. The molecule has 2 atom stereocenters. The van der Waals surface area contributed by atoms with Crippen LogP contribution in [0.2, 0.25) is 0 Å². The highest BCUT2D eigenvalue weighted by molar-refractivity contribution is 5.74. The summed E-state index contributed by atoms with van der Waals surface area (Å²) in [5.41, 5.74) is 8.23. The summed E-state index contributed by atoms with van der Waals surface area (Å²) in [7, 11) is 1.59. The molecule has 184 valence electrons. The third-order valence-corrected chi connectivity index (χ3v) is 5.78. The number of methoxy groups -OCH3 is 1. The summed E-state index contributed by atoms with van der Waals surface area (Å²) in [6, 6.07) is 19.7. The Bertz CT molecular complexity index is 1090. The Kier molecular flexibility index (Phi) is 9.17. The summed E-state index contributed by atoms with van der Waals surface area (Å²) in [6.07, 6.45) is 2.58. The zero-order valence-electron chi connectivity index (χ0n) is 19.9. The van der Waals surface area contributed by atoms with Gasteiger partial charge in [-0.3, -0.25) is 4.79 Å². The number of carbonyl (C=O) groups is 2. The fourth-order valence-electron chi connectivity index (χ4n) is 3.72. The standard InChI is InChI=1S/C21H25N3O4.C6H5F/c1-14(24-12-11-18(28-21(24)26)8-9-19(22)25)15-3-5-16(6-4-15)17-7-10-20(27-2)23-13-17;7-6-4-2-1-3-5-6/h3-7,10,13-14,18H,8-9,11-12H2,1-2H3,(H2,22,25);1-5H. The molecule has 4 rings (SSSR count). The summed E-state index contributed by atoms with van der Waals surface area (Å²) in [5, 5.41) is 0. The second-order valence-electron chi connectivity index (χ2n) is 8.18. The van der Waals surface area contributed by atoms with Gasteiger partial charge in [-0.25, -0.2) is 14.2 Å². The number of amides is 2. The van der Waals surface area contributed by atoms with Crippen molar-refractivity contribution in [2.45, 2.75) is 38.3 Å². The van der Waals surface area contributed by atoms with E-state index in [4.69, 9.17) is 15.2 Å². The number of pyridine rings is 1. The van der Waals surface area contributed by atoms with Crippen molar-refractivity contribution >= 4 is 12.0 Å². The van der Waals surface area contributed by atoms with Crippen molar-refractivity contribution in [1.29, 1.82) is 0 Å². The van der Waals surface area contributed by atoms with Gasteiger partial charge in [0.05, 0.1) is 13.2 Å². The van der Waals surface area contributed by atoms with Gasteiger partial charge < -0.3 is 20.1 Å². The Morgan fingerprint density at radius 3 is 2.34 bits per heavy atom. The first kappa shape index (κ1) is 25.7. The van der Waals surface area contributed by atoms with Crippen molar-refractivity contribution in [3.63, 3.8) is 0 Å². The van der Waals surface area contributed by atoms with Crippen molar-refractivity contribution < 1.29 is 23.5 Å². The molecule has 1 fully saturated rings. The summed E-state index contributed by atoms with van der Waals surface area (Å²) in [6.45, 7) is 2.57. The number of carbonyl (C=O) groups excluding carboxylic acids is 2. The van der Waals surface area contributed by atoms with E-state index in [-0.39, 0.29) is 36.4 Å². The Morgan fingerprint density at radius 1 is 1.14 bits per heavy atom. The fourth-order valence-corrected chi connectivity index (χ4v) is 3.72. The molecule has 2 unspecified atom stereocenters. The topological polar surface area (TPSA) is 94.8 Å². The first-order valence-corrected chi connectivity index (χ1v) is 11.4. The number of nitrogens with two attached hydrogens (primary N) is 1. The van der Waals surface area contributed by atoms with Crippen LogP contribution in [0.1, 0.15) is 37.8 Å². The fraction of sp³-hybridized carbons (Fsp3) is 0.296. The molecule has 0 aliphatic carbocycles. The minimum atomic E-state index is -0.376.